The number of fused-ring (bicyclic) bond motifs is 2. The molecular formula is C24H20N4O. The van der Waals surface area contributed by atoms with Gasteiger partial charge in [-0.15, -0.1) is 0 Å². The Morgan fingerprint density at radius 3 is 2.69 bits per heavy atom. The van der Waals surface area contributed by atoms with Crippen molar-refractivity contribution in [2.45, 2.75) is 13.0 Å². The first-order valence-electron chi connectivity index (χ1n) is 9.61. The highest BCUT2D eigenvalue weighted by molar-refractivity contribution is 5.93. The molecule has 0 aliphatic carbocycles. The smallest absolute Gasteiger partial charge is 0.224 e. The second-order valence-corrected chi connectivity index (χ2v) is 7.11. The number of hydrogen-bond donors (Lipinski definition) is 3. The molecule has 5 aromatic rings. The van der Waals surface area contributed by atoms with Gasteiger partial charge < -0.3 is 15.3 Å². The summed E-state index contributed by atoms with van der Waals surface area (Å²) in [7, 11) is 0. The van der Waals surface area contributed by atoms with Crippen molar-refractivity contribution >= 4 is 27.8 Å². The van der Waals surface area contributed by atoms with Gasteiger partial charge >= 0.3 is 0 Å². The minimum atomic E-state index is 0.0157. The van der Waals surface area contributed by atoms with Crippen molar-refractivity contribution in [1.29, 1.82) is 0 Å². The summed E-state index contributed by atoms with van der Waals surface area (Å²) in [5, 5.41) is 5.22. The van der Waals surface area contributed by atoms with Crippen LogP contribution in [-0.2, 0) is 17.8 Å². The van der Waals surface area contributed by atoms with Crippen LogP contribution in [0.25, 0.3) is 33.1 Å². The monoisotopic (exact) mass is 380 g/mol. The number of H-pyrrole nitrogens is 2. The molecule has 142 valence electrons. The summed E-state index contributed by atoms with van der Waals surface area (Å²) < 4.78 is 0. The van der Waals surface area contributed by atoms with E-state index in [1.165, 1.54) is 0 Å². The minimum absolute atomic E-state index is 0.0157. The summed E-state index contributed by atoms with van der Waals surface area (Å²) in [5.74, 6) is 0.0157. The molecule has 0 saturated heterocycles. The van der Waals surface area contributed by atoms with E-state index >= 15 is 0 Å². The van der Waals surface area contributed by atoms with Crippen molar-refractivity contribution in [2.75, 3.05) is 0 Å². The van der Waals surface area contributed by atoms with E-state index < -0.39 is 0 Å². The Kier molecular flexibility index (Phi) is 4.33. The lowest BCUT2D eigenvalue weighted by Gasteiger charge is -2.07. The molecule has 3 aromatic heterocycles. The van der Waals surface area contributed by atoms with Crippen LogP contribution in [-0.4, -0.2) is 20.9 Å². The fourth-order valence-electron chi connectivity index (χ4n) is 3.73. The van der Waals surface area contributed by atoms with Crippen molar-refractivity contribution in [3.05, 3.63) is 90.4 Å². The lowest BCUT2D eigenvalue weighted by molar-refractivity contribution is -0.120. The predicted octanol–water partition coefficient (Wildman–Crippen LogP) is 4.57. The molecule has 0 atom stereocenters. The number of nitrogens with zero attached hydrogens (tertiary/aromatic N) is 1. The number of hydrogen-bond acceptors (Lipinski definition) is 2. The molecule has 0 saturated carbocycles. The van der Waals surface area contributed by atoms with Crippen LogP contribution in [0.3, 0.4) is 0 Å². The van der Waals surface area contributed by atoms with Crippen molar-refractivity contribution in [3.63, 3.8) is 0 Å². The summed E-state index contributed by atoms with van der Waals surface area (Å²) in [6.45, 7) is 0.511. The molecule has 5 rings (SSSR count). The quantitative estimate of drug-likeness (QED) is 0.418. The summed E-state index contributed by atoms with van der Waals surface area (Å²) in [5.41, 5.74) is 6.30. The largest absolute Gasteiger partial charge is 0.361 e. The van der Waals surface area contributed by atoms with Gasteiger partial charge in [-0.1, -0.05) is 42.5 Å². The summed E-state index contributed by atoms with van der Waals surface area (Å²) >= 11 is 0. The van der Waals surface area contributed by atoms with E-state index in [2.05, 4.69) is 44.5 Å². The number of nitrogens with one attached hydrogen (secondary N) is 3. The molecule has 3 heterocycles. The maximum atomic E-state index is 12.4. The van der Waals surface area contributed by atoms with Gasteiger partial charge in [0, 0.05) is 41.4 Å². The number of rotatable bonds is 5. The molecule has 2 aromatic carbocycles. The van der Waals surface area contributed by atoms with Gasteiger partial charge in [0.15, 0.2) is 0 Å². The van der Waals surface area contributed by atoms with E-state index in [4.69, 9.17) is 0 Å². The second-order valence-electron chi connectivity index (χ2n) is 7.11. The molecular weight excluding hydrogens is 360 g/mol. The van der Waals surface area contributed by atoms with Gasteiger partial charge in [0.05, 0.1) is 6.42 Å². The van der Waals surface area contributed by atoms with Gasteiger partial charge in [-0.25, -0.2) is 4.98 Å². The number of pyridine rings is 1. The van der Waals surface area contributed by atoms with Crippen molar-refractivity contribution < 1.29 is 4.79 Å². The van der Waals surface area contributed by atoms with Gasteiger partial charge in [0.2, 0.25) is 5.91 Å². The number of aromatic nitrogens is 3. The van der Waals surface area contributed by atoms with E-state index in [-0.39, 0.29) is 5.91 Å². The third-order valence-corrected chi connectivity index (χ3v) is 5.24. The molecule has 29 heavy (non-hydrogen) atoms. The SMILES string of the molecule is O=C(Cc1c[nH]c2ccccc12)NCc1ccc(-c2ccnc3[nH]ccc23)cc1. The van der Waals surface area contributed by atoms with Crippen LogP contribution in [0.1, 0.15) is 11.1 Å². The van der Waals surface area contributed by atoms with Gasteiger partial charge in [-0.3, -0.25) is 4.79 Å². The fourth-order valence-corrected chi connectivity index (χ4v) is 3.73. The topological polar surface area (TPSA) is 73.6 Å². The van der Waals surface area contributed by atoms with Crippen LogP contribution in [0, 0.1) is 0 Å². The molecule has 0 spiro atoms. The molecule has 0 aliphatic heterocycles. The van der Waals surface area contributed by atoms with Crippen molar-refractivity contribution in [1.82, 2.24) is 20.3 Å². The molecule has 0 aliphatic rings. The van der Waals surface area contributed by atoms with Crippen LogP contribution in [0.4, 0.5) is 0 Å². The predicted molar refractivity (Wildman–Crippen MR) is 115 cm³/mol. The highest BCUT2D eigenvalue weighted by Gasteiger charge is 2.09. The van der Waals surface area contributed by atoms with E-state index in [0.29, 0.717) is 13.0 Å². The van der Waals surface area contributed by atoms with Crippen LogP contribution in [0.5, 0.6) is 0 Å². The Bertz CT molecular complexity index is 1300. The first-order valence-corrected chi connectivity index (χ1v) is 9.61. The third kappa shape index (κ3) is 3.38. The number of aromatic amines is 2. The van der Waals surface area contributed by atoms with Crippen LogP contribution in [0.2, 0.25) is 0 Å². The highest BCUT2D eigenvalue weighted by atomic mass is 16.1. The Balaban J connectivity index is 1.25. The molecule has 5 nitrogen and oxygen atoms in total. The first kappa shape index (κ1) is 17.3. The van der Waals surface area contributed by atoms with E-state index in [1.54, 1.807) is 0 Å². The normalized spacial score (nSPS) is 11.2. The van der Waals surface area contributed by atoms with Gasteiger partial charge in [0.25, 0.3) is 0 Å². The number of benzene rings is 2. The van der Waals surface area contributed by atoms with Crippen LogP contribution < -0.4 is 5.32 Å². The number of carbonyl (C=O) groups is 1. The fraction of sp³-hybridized carbons (Fsp3) is 0.0833. The zero-order valence-electron chi connectivity index (χ0n) is 15.8. The summed E-state index contributed by atoms with van der Waals surface area (Å²) in [4.78, 5) is 23.1. The summed E-state index contributed by atoms with van der Waals surface area (Å²) in [6.07, 6.45) is 5.99. The second kappa shape index (κ2) is 7.28. The highest BCUT2D eigenvalue weighted by Crippen LogP contribution is 2.27. The van der Waals surface area contributed by atoms with Crippen molar-refractivity contribution in [2.24, 2.45) is 0 Å². The zero-order chi connectivity index (χ0) is 19.6. The van der Waals surface area contributed by atoms with Gasteiger partial charge in [-0.2, -0.15) is 0 Å². The standard InChI is InChI=1S/C24H20N4O/c29-23(13-18-15-27-22-4-2-1-3-20(18)22)28-14-16-5-7-17(8-6-16)19-9-11-25-24-21(19)10-12-26-24/h1-12,15,27H,13-14H2,(H,25,26)(H,28,29). The van der Waals surface area contributed by atoms with E-state index in [0.717, 1.165) is 44.2 Å². The zero-order valence-corrected chi connectivity index (χ0v) is 15.8. The Hall–Kier alpha value is -3.86. The lowest BCUT2D eigenvalue weighted by Crippen LogP contribution is -2.24. The maximum Gasteiger partial charge on any atom is 0.224 e. The Labute approximate surface area is 167 Å². The molecule has 0 unspecified atom stereocenters. The molecule has 3 N–H and O–H groups in total. The molecule has 0 radical (unpaired) electrons. The first-order chi connectivity index (χ1) is 14.3. The minimum Gasteiger partial charge on any atom is -0.361 e. The number of carbonyl (C=O) groups excluding carboxylic acids is 1. The molecule has 5 heteroatoms. The maximum absolute atomic E-state index is 12.4. The third-order valence-electron chi connectivity index (χ3n) is 5.24. The van der Waals surface area contributed by atoms with Crippen molar-refractivity contribution in [3.8, 4) is 11.1 Å². The van der Waals surface area contributed by atoms with Gasteiger partial charge in [-0.05, 0) is 40.5 Å². The molecule has 0 bridgehead atoms. The van der Waals surface area contributed by atoms with Crippen LogP contribution in [0.15, 0.2) is 79.3 Å². The average Bonchev–Trinajstić information content (AvgIpc) is 3.40. The lowest BCUT2D eigenvalue weighted by atomic mass is 10.0. The number of para-hydroxylation sites is 1. The van der Waals surface area contributed by atoms with E-state index in [1.807, 2.05) is 55.0 Å². The number of amides is 1. The Morgan fingerprint density at radius 2 is 1.79 bits per heavy atom. The molecule has 1 amide bonds. The summed E-state index contributed by atoms with van der Waals surface area (Å²) in [6, 6.07) is 20.4. The molecule has 0 fully saturated rings. The average molecular weight is 380 g/mol. The Morgan fingerprint density at radius 1 is 0.931 bits per heavy atom. The van der Waals surface area contributed by atoms with E-state index in [9.17, 15) is 4.79 Å². The van der Waals surface area contributed by atoms with Gasteiger partial charge in [0.1, 0.15) is 5.65 Å². The van der Waals surface area contributed by atoms with Crippen LogP contribution >= 0.6 is 0 Å².